The molecule has 0 aromatic heterocycles. The summed E-state index contributed by atoms with van der Waals surface area (Å²) in [6, 6.07) is 10.2. The van der Waals surface area contributed by atoms with Crippen molar-refractivity contribution < 1.29 is 19.1 Å². The summed E-state index contributed by atoms with van der Waals surface area (Å²) in [6.45, 7) is 1.34. The lowest BCUT2D eigenvalue weighted by molar-refractivity contribution is -0.114. The zero-order valence-corrected chi connectivity index (χ0v) is 11.8. The third-order valence-corrected chi connectivity index (χ3v) is 2.90. The van der Waals surface area contributed by atoms with Crippen LogP contribution in [0.15, 0.2) is 48.5 Å². The molecule has 0 saturated heterocycles. The molecule has 0 aliphatic rings. The minimum atomic E-state index is -0.463. The smallest absolute Gasteiger partial charge is 0.221 e. The molecule has 2 aromatic rings. The van der Waals surface area contributed by atoms with Crippen LogP contribution in [0.1, 0.15) is 22.8 Å². The van der Waals surface area contributed by atoms with Crippen LogP contribution >= 0.6 is 0 Å². The Balaban J connectivity index is 2.19. The standard InChI is InChI=1S/C17H14FNO3/c1-11(20)19-13-7-8-14(17(22)10-13)16(21)9-6-12-4-2-3-5-15(12)18/h2-10,22H,1H3,(H,19,20)/b9-6+. The summed E-state index contributed by atoms with van der Waals surface area (Å²) in [6.07, 6.45) is 2.53. The number of anilines is 1. The minimum absolute atomic E-state index is 0.0710. The first kappa shape index (κ1) is 15.4. The van der Waals surface area contributed by atoms with Crippen LogP contribution in [0.25, 0.3) is 6.08 Å². The highest BCUT2D eigenvalue weighted by Gasteiger charge is 2.10. The number of hydrogen-bond acceptors (Lipinski definition) is 3. The van der Waals surface area contributed by atoms with Gasteiger partial charge in [0.25, 0.3) is 0 Å². The third-order valence-electron chi connectivity index (χ3n) is 2.90. The predicted molar refractivity (Wildman–Crippen MR) is 82.2 cm³/mol. The monoisotopic (exact) mass is 299 g/mol. The van der Waals surface area contributed by atoms with Gasteiger partial charge in [0.2, 0.25) is 5.91 Å². The Kier molecular flexibility index (Phi) is 4.68. The number of hydrogen-bond donors (Lipinski definition) is 2. The molecule has 0 aliphatic heterocycles. The molecule has 22 heavy (non-hydrogen) atoms. The lowest BCUT2D eigenvalue weighted by Gasteiger charge is -2.05. The van der Waals surface area contributed by atoms with E-state index in [0.717, 1.165) is 0 Å². The van der Waals surface area contributed by atoms with Gasteiger partial charge in [0.1, 0.15) is 11.6 Å². The number of rotatable bonds is 4. The van der Waals surface area contributed by atoms with Crippen LogP contribution in [0.3, 0.4) is 0 Å². The van der Waals surface area contributed by atoms with E-state index in [2.05, 4.69) is 5.32 Å². The maximum atomic E-state index is 13.4. The largest absolute Gasteiger partial charge is 0.507 e. The van der Waals surface area contributed by atoms with Gasteiger partial charge in [-0.05, 0) is 30.4 Å². The van der Waals surface area contributed by atoms with Crippen molar-refractivity contribution in [2.45, 2.75) is 6.92 Å². The SMILES string of the molecule is CC(=O)Nc1ccc(C(=O)/C=C/c2ccccc2F)c(O)c1. The number of allylic oxidation sites excluding steroid dienone is 1. The minimum Gasteiger partial charge on any atom is -0.507 e. The van der Waals surface area contributed by atoms with Crippen molar-refractivity contribution >= 4 is 23.5 Å². The summed E-state index contributed by atoms with van der Waals surface area (Å²) in [5.41, 5.74) is 0.742. The number of phenolic OH excluding ortho intramolecular Hbond substituents is 1. The van der Waals surface area contributed by atoms with Crippen LogP contribution in [0.5, 0.6) is 5.75 Å². The van der Waals surface area contributed by atoms with Gasteiger partial charge >= 0.3 is 0 Å². The first-order valence-electron chi connectivity index (χ1n) is 6.55. The van der Waals surface area contributed by atoms with Crippen molar-refractivity contribution in [3.05, 3.63) is 65.5 Å². The average molecular weight is 299 g/mol. The quantitative estimate of drug-likeness (QED) is 0.672. The van der Waals surface area contributed by atoms with Crippen LogP contribution < -0.4 is 5.32 Å². The van der Waals surface area contributed by atoms with Gasteiger partial charge in [0.15, 0.2) is 5.78 Å². The number of carbonyl (C=O) groups excluding carboxylic acids is 2. The van der Waals surface area contributed by atoms with Gasteiger partial charge in [-0.2, -0.15) is 0 Å². The molecule has 5 heteroatoms. The molecule has 0 atom stereocenters. The van der Waals surface area contributed by atoms with E-state index in [1.807, 2.05) is 0 Å². The van der Waals surface area contributed by atoms with E-state index in [9.17, 15) is 19.1 Å². The number of phenols is 1. The van der Waals surface area contributed by atoms with Crippen LogP contribution in [0, 0.1) is 5.82 Å². The molecule has 112 valence electrons. The third kappa shape index (κ3) is 3.79. The predicted octanol–water partition coefficient (Wildman–Crippen LogP) is 3.39. The van der Waals surface area contributed by atoms with Crippen LogP contribution in [-0.2, 0) is 4.79 Å². The lowest BCUT2D eigenvalue weighted by Crippen LogP contribution is -2.06. The fraction of sp³-hybridized carbons (Fsp3) is 0.0588. The van der Waals surface area contributed by atoms with Gasteiger partial charge in [-0.15, -0.1) is 0 Å². The highest BCUT2D eigenvalue weighted by atomic mass is 19.1. The summed E-state index contributed by atoms with van der Waals surface area (Å²) in [5, 5.41) is 12.3. The number of carbonyl (C=O) groups is 2. The van der Waals surface area contributed by atoms with Crippen LogP contribution in [0.2, 0.25) is 0 Å². The van der Waals surface area contributed by atoms with Crippen molar-refractivity contribution in [1.82, 2.24) is 0 Å². The van der Waals surface area contributed by atoms with Crippen LogP contribution in [0.4, 0.5) is 10.1 Å². The summed E-state index contributed by atoms with van der Waals surface area (Å²) in [4.78, 5) is 23.0. The van der Waals surface area contributed by atoms with Gasteiger partial charge < -0.3 is 10.4 Å². The summed E-state index contributed by atoms with van der Waals surface area (Å²) >= 11 is 0. The van der Waals surface area contributed by atoms with Crippen molar-refractivity contribution in [1.29, 1.82) is 0 Å². The maximum absolute atomic E-state index is 13.4. The Hall–Kier alpha value is -2.95. The van der Waals surface area contributed by atoms with E-state index in [-0.39, 0.29) is 22.8 Å². The van der Waals surface area contributed by atoms with Crippen molar-refractivity contribution in [2.24, 2.45) is 0 Å². The highest BCUT2D eigenvalue weighted by Crippen LogP contribution is 2.23. The van der Waals surface area contributed by atoms with E-state index in [1.165, 1.54) is 43.3 Å². The Morgan fingerprint density at radius 1 is 1.18 bits per heavy atom. The van der Waals surface area contributed by atoms with Gasteiger partial charge in [0.05, 0.1) is 5.56 Å². The van der Waals surface area contributed by atoms with Gasteiger partial charge in [0, 0.05) is 24.2 Å². The van der Waals surface area contributed by atoms with E-state index < -0.39 is 11.6 Å². The highest BCUT2D eigenvalue weighted by molar-refractivity contribution is 6.09. The fourth-order valence-corrected chi connectivity index (χ4v) is 1.89. The van der Waals surface area contributed by atoms with E-state index in [0.29, 0.717) is 5.69 Å². The second kappa shape index (κ2) is 6.67. The molecule has 0 spiro atoms. The first-order valence-corrected chi connectivity index (χ1v) is 6.55. The number of halogens is 1. The second-order valence-electron chi connectivity index (χ2n) is 4.63. The molecule has 0 unspecified atom stereocenters. The molecule has 0 bridgehead atoms. The molecule has 2 aromatic carbocycles. The second-order valence-corrected chi connectivity index (χ2v) is 4.63. The molecule has 0 heterocycles. The van der Waals surface area contributed by atoms with Gasteiger partial charge in [-0.1, -0.05) is 18.2 Å². The first-order chi connectivity index (χ1) is 10.5. The van der Waals surface area contributed by atoms with Crippen LogP contribution in [-0.4, -0.2) is 16.8 Å². The topological polar surface area (TPSA) is 66.4 Å². The van der Waals surface area contributed by atoms with E-state index >= 15 is 0 Å². The zero-order chi connectivity index (χ0) is 16.1. The number of nitrogens with one attached hydrogen (secondary N) is 1. The molecule has 0 aliphatic carbocycles. The van der Waals surface area contributed by atoms with Crippen molar-refractivity contribution in [2.75, 3.05) is 5.32 Å². The van der Waals surface area contributed by atoms with E-state index in [1.54, 1.807) is 18.2 Å². The molecular weight excluding hydrogens is 285 g/mol. The van der Waals surface area contributed by atoms with Crippen molar-refractivity contribution in [3.8, 4) is 5.75 Å². The molecule has 0 saturated carbocycles. The molecule has 0 fully saturated rings. The van der Waals surface area contributed by atoms with Crippen molar-refractivity contribution in [3.63, 3.8) is 0 Å². The Morgan fingerprint density at radius 3 is 2.55 bits per heavy atom. The Labute approximate surface area is 126 Å². The molecule has 4 nitrogen and oxygen atoms in total. The van der Waals surface area contributed by atoms with Gasteiger partial charge in [-0.25, -0.2) is 4.39 Å². The molecule has 0 radical (unpaired) electrons. The van der Waals surface area contributed by atoms with Gasteiger partial charge in [-0.3, -0.25) is 9.59 Å². The zero-order valence-electron chi connectivity index (χ0n) is 11.8. The summed E-state index contributed by atoms with van der Waals surface area (Å²) < 4.78 is 13.4. The Bertz CT molecular complexity index is 753. The molecule has 2 N–H and O–H groups in total. The molecular formula is C17H14FNO3. The normalized spacial score (nSPS) is 10.6. The molecule has 2 rings (SSSR count). The fourth-order valence-electron chi connectivity index (χ4n) is 1.89. The Morgan fingerprint density at radius 2 is 1.91 bits per heavy atom. The summed E-state index contributed by atoms with van der Waals surface area (Å²) in [7, 11) is 0. The van der Waals surface area contributed by atoms with E-state index in [4.69, 9.17) is 0 Å². The average Bonchev–Trinajstić information content (AvgIpc) is 2.45. The molecule has 1 amide bonds. The number of aromatic hydroxyl groups is 1. The number of benzene rings is 2. The maximum Gasteiger partial charge on any atom is 0.221 e. The number of amides is 1. The summed E-state index contributed by atoms with van der Waals surface area (Å²) in [5.74, 6) is -1.43. The number of ketones is 1. The lowest BCUT2D eigenvalue weighted by atomic mass is 10.1.